The summed E-state index contributed by atoms with van der Waals surface area (Å²) in [5.41, 5.74) is 10.3. The SMILES string of the molecule is Nc1cc2oc3ccc(Br)cc3c(=O)c2c2c1CCC2. The second-order valence-electron chi connectivity index (χ2n) is 5.22. The minimum atomic E-state index is 0.0423. The molecule has 3 nitrogen and oxygen atoms in total. The van der Waals surface area contributed by atoms with E-state index < -0.39 is 0 Å². The average Bonchev–Trinajstić information content (AvgIpc) is 2.89. The summed E-state index contributed by atoms with van der Waals surface area (Å²) in [5, 5.41) is 1.32. The number of anilines is 1. The molecule has 0 saturated carbocycles. The molecule has 0 aliphatic heterocycles. The van der Waals surface area contributed by atoms with Gasteiger partial charge in [0.25, 0.3) is 0 Å². The lowest BCUT2D eigenvalue weighted by Gasteiger charge is -2.09. The monoisotopic (exact) mass is 329 g/mol. The number of rotatable bonds is 0. The highest BCUT2D eigenvalue weighted by atomic mass is 79.9. The largest absolute Gasteiger partial charge is 0.456 e. The van der Waals surface area contributed by atoms with Gasteiger partial charge in [0.2, 0.25) is 5.43 Å². The molecule has 1 aliphatic carbocycles. The third kappa shape index (κ3) is 1.54. The second-order valence-corrected chi connectivity index (χ2v) is 6.14. The number of hydrogen-bond acceptors (Lipinski definition) is 3. The average molecular weight is 330 g/mol. The number of nitrogens with two attached hydrogens (primary N) is 1. The first-order valence-corrected chi connectivity index (χ1v) is 7.41. The van der Waals surface area contributed by atoms with Crippen molar-refractivity contribution in [3.8, 4) is 0 Å². The Labute approximate surface area is 123 Å². The molecule has 0 spiro atoms. The van der Waals surface area contributed by atoms with Gasteiger partial charge >= 0.3 is 0 Å². The fourth-order valence-corrected chi connectivity index (χ4v) is 3.50. The molecule has 1 aromatic heterocycles. The van der Waals surface area contributed by atoms with Crippen LogP contribution in [-0.4, -0.2) is 0 Å². The van der Waals surface area contributed by atoms with Gasteiger partial charge < -0.3 is 10.2 Å². The van der Waals surface area contributed by atoms with Crippen LogP contribution in [0.2, 0.25) is 0 Å². The second kappa shape index (κ2) is 4.09. The van der Waals surface area contributed by atoms with E-state index in [2.05, 4.69) is 15.9 Å². The molecule has 3 aromatic rings. The Morgan fingerprint density at radius 3 is 2.75 bits per heavy atom. The van der Waals surface area contributed by atoms with Gasteiger partial charge in [-0.25, -0.2) is 0 Å². The van der Waals surface area contributed by atoms with Crippen LogP contribution in [0.1, 0.15) is 17.5 Å². The highest BCUT2D eigenvalue weighted by Gasteiger charge is 2.21. The Hall–Kier alpha value is -1.81. The minimum Gasteiger partial charge on any atom is -0.456 e. The van der Waals surface area contributed by atoms with Crippen LogP contribution in [-0.2, 0) is 12.8 Å². The molecule has 4 heteroatoms. The first-order chi connectivity index (χ1) is 9.65. The molecule has 0 fully saturated rings. The summed E-state index contributed by atoms with van der Waals surface area (Å²) in [6.07, 6.45) is 2.91. The smallest absolute Gasteiger partial charge is 0.200 e. The quantitative estimate of drug-likeness (QED) is 0.504. The number of benzene rings is 2. The zero-order valence-electron chi connectivity index (χ0n) is 10.7. The van der Waals surface area contributed by atoms with E-state index in [9.17, 15) is 4.79 Å². The number of hydrogen-bond donors (Lipinski definition) is 1. The zero-order valence-corrected chi connectivity index (χ0v) is 12.3. The molecule has 1 heterocycles. The van der Waals surface area contributed by atoms with Crippen molar-refractivity contribution in [1.29, 1.82) is 0 Å². The van der Waals surface area contributed by atoms with Gasteiger partial charge in [0.05, 0.1) is 10.8 Å². The molecule has 0 atom stereocenters. The topological polar surface area (TPSA) is 56.2 Å². The van der Waals surface area contributed by atoms with E-state index in [0.29, 0.717) is 21.9 Å². The number of fused-ring (bicyclic) bond motifs is 4. The Bertz CT molecular complexity index is 927. The van der Waals surface area contributed by atoms with Gasteiger partial charge in [-0.3, -0.25) is 4.79 Å². The van der Waals surface area contributed by atoms with E-state index in [0.717, 1.165) is 40.5 Å². The van der Waals surface area contributed by atoms with Crippen molar-refractivity contribution in [2.75, 3.05) is 5.73 Å². The van der Waals surface area contributed by atoms with Gasteiger partial charge in [-0.15, -0.1) is 0 Å². The minimum absolute atomic E-state index is 0.0423. The summed E-state index contributed by atoms with van der Waals surface area (Å²) >= 11 is 3.40. The van der Waals surface area contributed by atoms with Crippen LogP contribution in [0.4, 0.5) is 5.69 Å². The Balaban J connectivity index is 2.26. The molecule has 4 rings (SSSR count). The third-order valence-corrected chi connectivity index (χ3v) is 4.53. The molecule has 1 aliphatic rings. The van der Waals surface area contributed by atoms with Crippen LogP contribution in [0.25, 0.3) is 21.9 Å². The van der Waals surface area contributed by atoms with Crippen molar-refractivity contribution in [2.45, 2.75) is 19.3 Å². The van der Waals surface area contributed by atoms with Crippen molar-refractivity contribution >= 4 is 43.6 Å². The van der Waals surface area contributed by atoms with Crippen molar-refractivity contribution in [3.05, 3.63) is 50.1 Å². The highest BCUT2D eigenvalue weighted by molar-refractivity contribution is 9.10. The molecule has 2 N–H and O–H groups in total. The predicted molar refractivity (Wildman–Crippen MR) is 84.1 cm³/mol. The van der Waals surface area contributed by atoms with Crippen molar-refractivity contribution < 1.29 is 4.42 Å². The van der Waals surface area contributed by atoms with Crippen LogP contribution < -0.4 is 11.2 Å². The standard InChI is InChI=1S/C16H12BrNO2/c17-8-4-5-13-11(6-8)16(19)15-10-3-1-2-9(10)12(18)7-14(15)20-13/h4-7H,1-3,18H2. The van der Waals surface area contributed by atoms with E-state index in [-0.39, 0.29) is 5.43 Å². The molecule has 20 heavy (non-hydrogen) atoms. The molecule has 100 valence electrons. The van der Waals surface area contributed by atoms with Gasteiger partial charge in [0, 0.05) is 16.2 Å². The van der Waals surface area contributed by atoms with Crippen LogP contribution in [0.15, 0.2) is 37.9 Å². The lowest BCUT2D eigenvalue weighted by Crippen LogP contribution is -2.06. The van der Waals surface area contributed by atoms with E-state index in [1.807, 2.05) is 18.2 Å². The van der Waals surface area contributed by atoms with Crippen molar-refractivity contribution in [2.24, 2.45) is 0 Å². The van der Waals surface area contributed by atoms with Gasteiger partial charge in [0.15, 0.2) is 0 Å². The summed E-state index contributed by atoms with van der Waals surface area (Å²) in [4.78, 5) is 12.8. The molecule has 0 amide bonds. The Morgan fingerprint density at radius 1 is 1.10 bits per heavy atom. The van der Waals surface area contributed by atoms with Gasteiger partial charge in [-0.2, -0.15) is 0 Å². The maximum atomic E-state index is 12.8. The van der Waals surface area contributed by atoms with Gasteiger partial charge in [0.1, 0.15) is 11.2 Å². The molecule has 0 saturated heterocycles. The number of aryl methyl sites for hydroxylation is 1. The normalized spacial score (nSPS) is 14.1. The van der Waals surface area contributed by atoms with Crippen LogP contribution in [0.3, 0.4) is 0 Å². The van der Waals surface area contributed by atoms with E-state index in [1.165, 1.54) is 0 Å². The van der Waals surface area contributed by atoms with Crippen molar-refractivity contribution in [1.82, 2.24) is 0 Å². The molecule has 0 unspecified atom stereocenters. The third-order valence-electron chi connectivity index (χ3n) is 4.03. The molecule has 0 bridgehead atoms. The van der Waals surface area contributed by atoms with Gasteiger partial charge in [-0.05, 0) is 48.6 Å². The number of halogens is 1. The van der Waals surface area contributed by atoms with Crippen LogP contribution in [0.5, 0.6) is 0 Å². The molecule has 0 radical (unpaired) electrons. The first kappa shape index (κ1) is 12.0. The van der Waals surface area contributed by atoms with E-state index in [4.69, 9.17) is 10.2 Å². The fraction of sp³-hybridized carbons (Fsp3) is 0.188. The lowest BCUT2D eigenvalue weighted by molar-refractivity contribution is 0.659. The van der Waals surface area contributed by atoms with E-state index in [1.54, 1.807) is 6.07 Å². The maximum absolute atomic E-state index is 12.8. The van der Waals surface area contributed by atoms with E-state index >= 15 is 0 Å². The first-order valence-electron chi connectivity index (χ1n) is 6.61. The Morgan fingerprint density at radius 2 is 1.90 bits per heavy atom. The fourth-order valence-electron chi connectivity index (χ4n) is 3.14. The maximum Gasteiger partial charge on any atom is 0.200 e. The van der Waals surface area contributed by atoms with Crippen LogP contribution in [0, 0.1) is 0 Å². The van der Waals surface area contributed by atoms with Crippen LogP contribution >= 0.6 is 15.9 Å². The zero-order chi connectivity index (χ0) is 13.9. The Kier molecular flexibility index (Phi) is 2.45. The molecular weight excluding hydrogens is 318 g/mol. The summed E-state index contributed by atoms with van der Waals surface area (Å²) in [5.74, 6) is 0. The van der Waals surface area contributed by atoms with Crippen molar-refractivity contribution in [3.63, 3.8) is 0 Å². The highest BCUT2D eigenvalue weighted by Crippen LogP contribution is 2.34. The summed E-state index contributed by atoms with van der Waals surface area (Å²) in [6, 6.07) is 7.29. The summed E-state index contributed by atoms with van der Waals surface area (Å²) in [7, 11) is 0. The summed E-state index contributed by atoms with van der Waals surface area (Å²) in [6.45, 7) is 0. The molecular formula is C16H12BrNO2. The van der Waals surface area contributed by atoms with Gasteiger partial charge in [-0.1, -0.05) is 15.9 Å². The molecule has 2 aromatic carbocycles. The lowest BCUT2D eigenvalue weighted by atomic mass is 10.0. The summed E-state index contributed by atoms with van der Waals surface area (Å²) < 4.78 is 6.77. The predicted octanol–water partition coefficient (Wildman–Crippen LogP) is 3.78. The number of nitrogen functional groups attached to an aromatic ring is 1.